The zero-order valence-corrected chi connectivity index (χ0v) is 9.19. The Kier molecular flexibility index (Phi) is 3.18. The van der Waals surface area contributed by atoms with E-state index in [1.807, 2.05) is 0 Å². The Labute approximate surface area is 101 Å². The molecule has 1 aromatic heterocycles. The van der Waals surface area contributed by atoms with Crippen LogP contribution in [0.15, 0.2) is 36.7 Å². The molecule has 0 bridgehead atoms. The van der Waals surface area contributed by atoms with Crippen molar-refractivity contribution in [1.29, 1.82) is 0 Å². The highest BCUT2D eigenvalue weighted by atomic mass is 19.4. The first kappa shape index (κ1) is 12.3. The number of halogens is 3. The number of rotatable bonds is 3. The molecular weight excluding hydrogens is 245 g/mol. The van der Waals surface area contributed by atoms with Crippen LogP contribution in [-0.4, -0.2) is 15.8 Å². The quantitative estimate of drug-likeness (QED) is 0.789. The van der Waals surface area contributed by atoms with Crippen molar-refractivity contribution >= 4 is 6.29 Å². The second-order valence-electron chi connectivity index (χ2n) is 3.73. The Hall–Kier alpha value is -2.11. The van der Waals surface area contributed by atoms with Crippen LogP contribution in [0.1, 0.15) is 21.7 Å². The molecule has 0 aliphatic carbocycles. The molecule has 0 atom stereocenters. The van der Waals surface area contributed by atoms with Gasteiger partial charge in [0.1, 0.15) is 0 Å². The Bertz CT molecular complexity index is 560. The molecule has 2 aromatic rings. The highest BCUT2D eigenvalue weighted by Gasteiger charge is 2.30. The van der Waals surface area contributed by atoms with Gasteiger partial charge in [0.2, 0.25) is 0 Å². The molecule has 2 rings (SSSR count). The van der Waals surface area contributed by atoms with E-state index >= 15 is 0 Å². The van der Waals surface area contributed by atoms with Crippen LogP contribution < -0.4 is 0 Å². The van der Waals surface area contributed by atoms with E-state index in [0.29, 0.717) is 11.8 Å². The van der Waals surface area contributed by atoms with Gasteiger partial charge in [-0.2, -0.15) is 13.2 Å². The summed E-state index contributed by atoms with van der Waals surface area (Å²) < 4.78 is 39.0. The van der Waals surface area contributed by atoms with Crippen LogP contribution in [0.2, 0.25) is 0 Å². The Morgan fingerprint density at radius 2 is 2.11 bits per heavy atom. The molecule has 0 spiro atoms. The lowest BCUT2D eigenvalue weighted by Gasteiger charge is -2.09. The summed E-state index contributed by atoms with van der Waals surface area (Å²) in [4.78, 5) is 14.4. The van der Waals surface area contributed by atoms with Crippen LogP contribution >= 0.6 is 0 Å². The third kappa shape index (κ3) is 2.58. The predicted octanol–water partition coefficient (Wildman–Crippen LogP) is 2.76. The molecule has 94 valence electrons. The Morgan fingerprint density at radius 1 is 1.33 bits per heavy atom. The minimum absolute atomic E-state index is 0.179. The van der Waals surface area contributed by atoms with Gasteiger partial charge in [0, 0.05) is 18.9 Å². The topological polar surface area (TPSA) is 34.9 Å². The third-order valence-corrected chi connectivity index (χ3v) is 2.46. The molecule has 0 aliphatic heterocycles. The molecule has 0 unspecified atom stereocenters. The number of nitrogens with zero attached hydrogens (tertiary/aromatic N) is 2. The summed E-state index contributed by atoms with van der Waals surface area (Å²) in [7, 11) is 0. The number of aldehydes is 1. The van der Waals surface area contributed by atoms with Gasteiger partial charge in [-0.3, -0.25) is 4.79 Å². The molecule has 6 heteroatoms. The number of imidazole rings is 1. The summed E-state index contributed by atoms with van der Waals surface area (Å²) in [6.07, 6.45) is -0.826. The first-order valence-electron chi connectivity index (χ1n) is 5.13. The van der Waals surface area contributed by atoms with Gasteiger partial charge in [0.25, 0.3) is 0 Å². The van der Waals surface area contributed by atoms with E-state index in [-0.39, 0.29) is 12.4 Å². The summed E-state index contributed by atoms with van der Waals surface area (Å²) in [5, 5.41) is 0. The van der Waals surface area contributed by atoms with Crippen molar-refractivity contribution in [2.24, 2.45) is 0 Å². The number of alkyl halides is 3. The van der Waals surface area contributed by atoms with E-state index in [4.69, 9.17) is 0 Å². The minimum Gasteiger partial charge on any atom is -0.324 e. The summed E-state index contributed by atoms with van der Waals surface area (Å²) >= 11 is 0. The maximum absolute atomic E-state index is 12.5. The minimum atomic E-state index is -4.36. The summed E-state index contributed by atoms with van der Waals surface area (Å²) in [5.41, 5.74) is -0.237. The van der Waals surface area contributed by atoms with Crippen molar-refractivity contribution in [2.75, 3.05) is 0 Å². The molecule has 0 N–H and O–H groups in total. The second kappa shape index (κ2) is 4.64. The smallest absolute Gasteiger partial charge is 0.324 e. The molecule has 0 saturated heterocycles. The lowest BCUT2D eigenvalue weighted by atomic mass is 10.1. The van der Waals surface area contributed by atoms with E-state index in [2.05, 4.69) is 4.98 Å². The number of hydrogen-bond acceptors (Lipinski definition) is 2. The molecule has 18 heavy (non-hydrogen) atoms. The van der Waals surface area contributed by atoms with E-state index in [1.165, 1.54) is 16.8 Å². The first-order valence-corrected chi connectivity index (χ1v) is 5.13. The predicted molar refractivity (Wildman–Crippen MR) is 58.2 cm³/mol. The van der Waals surface area contributed by atoms with E-state index in [1.54, 1.807) is 12.3 Å². The van der Waals surface area contributed by atoms with Crippen LogP contribution in [0.25, 0.3) is 0 Å². The fraction of sp³-hybridized carbons (Fsp3) is 0.167. The lowest BCUT2D eigenvalue weighted by molar-refractivity contribution is -0.137. The van der Waals surface area contributed by atoms with Crippen LogP contribution in [-0.2, 0) is 12.7 Å². The molecule has 3 nitrogen and oxygen atoms in total. The number of benzene rings is 1. The zero-order valence-electron chi connectivity index (χ0n) is 9.19. The number of carbonyl (C=O) groups is 1. The van der Waals surface area contributed by atoms with Crippen molar-refractivity contribution in [3.63, 3.8) is 0 Å². The maximum Gasteiger partial charge on any atom is 0.416 e. The van der Waals surface area contributed by atoms with Gasteiger partial charge in [0.05, 0.1) is 5.56 Å². The SMILES string of the molecule is O=Cc1nccn1Cc1cccc(C(F)(F)F)c1. The van der Waals surface area contributed by atoms with Crippen molar-refractivity contribution in [3.05, 3.63) is 53.6 Å². The van der Waals surface area contributed by atoms with Gasteiger partial charge in [-0.05, 0) is 17.7 Å². The molecule has 0 aliphatic rings. The van der Waals surface area contributed by atoms with Crippen LogP contribution in [0.3, 0.4) is 0 Å². The summed E-state index contributed by atoms with van der Waals surface area (Å²) in [5.74, 6) is 0.187. The average molecular weight is 254 g/mol. The Balaban J connectivity index is 2.28. The molecular formula is C12H9F3N2O. The summed E-state index contributed by atoms with van der Waals surface area (Å²) in [6, 6.07) is 4.99. The van der Waals surface area contributed by atoms with Gasteiger partial charge in [0.15, 0.2) is 12.1 Å². The fourth-order valence-corrected chi connectivity index (χ4v) is 1.62. The standard InChI is InChI=1S/C12H9F3N2O/c13-12(14,15)10-3-1-2-9(6-10)7-17-5-4-16-11(17)8-18/h1-6,8H,7H2. The number of carbonyl (C=O) groups excluding carboxylic acids is 1. The highest BCUT2D eigenvalue weighted by Crippen LogP contribution is 2.29. The third-order valence-electron chi connectivity index (χ3n) is 2.46. The molecule has 0 amide bonds. The lowest BCUT2D eigenvalue weighted by Crippen LogP contribution is -2.07. The van der Waals surface area contributed by atoms with Gasteiger partial charge >= 0.3 is 6.18 Å². The van der Waals surface area contributed by atoms with Crippen LogP contribution in [0, 0.1) is 0 Å². The Morgan fingerprint density at radius 3 is 2.78 bits per heavy atom. The van der Waals surface area contributed by atoms with Crippen molar-refractivity contribution in [2.45, 2.75) is 12.7 Å². The van der Waals surface area contributed by atoms with Crippen LogP contribution in [0.5, 0.6) is 0 Å². The van der Waals surface area contributed by atoms with Gasteiger partial charge in [-0.1, -0.05) is 12.1 Å². The number of aromatic nitrogens is 2. The average Bonchev–Trinajstić information content (AvgIpc) is 2.75. The van der Waals surface area contributed by atoms with Gasteiger partial charge in [-0.15, -0.1) is 0 Å². The molecule has 1 aromatic carbocycles. The van der Waals surface area contributed by atoms with Crippen LogP contribution in [0.4, 0.5) is 13.2 Å². The molecule has 1 heterocycles. The monoisotopic (exact) mass is 254 g/mol. The second-order valence-corrected chi connectivity index (χ2v) is 3.73. The zero-order chi connectivity index (χ0) is 13.2. The molecule has 0 saturated carbocycles. The van der Waals surface area contributed by atoms with Crippen molar-refractivity contribution in [1.82, 2.24) is 9.55 Å². The van der Waals surface area contributed by atoms with E-state index in [0.717, 1.165) is 12.1 Å². The first-order chi connectivity index (χ1) is 8.50. The normalized spacial score (nSPS) is 11.5. The number of hydrogen-bond donors (Lipinski definition) is 0. The van der Waals surface area contributed by atoms with Crippen molar-refractivity contribution < 1.29 is 18.0 Å². The highest BCUT2D eigenvalue weighted by molar-refractivity contribution is 5.69. The van der Waals surface area contributed by atoms with Crippen molar-refractivity contribution in [3.8, 4) is 0 Å². The molecule has 0 radical (unpaired) electrons. The van der Waals surface area contributed by atoms with Gasteiger partial charge < -0.3 is 4.57 Å². The molecule has 0 fully saturated rings. The van der Waals surface area contributed by atoms with E-state index in [9.17, 15) is 18.0 Å². The largest absolute Gasteiger partial charge is 0.416 e. The maximum atomic E-state index is 12.5. The summed E-state index contributed by atoms with van der Waals surface area (Å²) in [6.45, 7) is 0.179. The van der Waals surface area contributed by atoms with Gasteiger partial charge in [-0.25, -0.2) is 4.98 Å². The van der Waals surface area contributed by atoms with E-state index < -0.39 is 11.7 Å². The fourth-order valence-electron chi connectivity index (χ4n) is 1.62.